The minimum absolute atomic E-state index is 0.260. The van der Waals surface area contributed by atoms with Crippen LogP contribution in [-0.2, 0) is 0 Å². The zero-order chi connectivity index (χ0) is 14.0. The minimum atomic E-state index is -0.260. The van der Waals surface area contributed by atoms with E-state index in [1.54, 1.807) is 30.3 Å². The van der Waals surface area contributed by atoms with E-state index in [9.17, 15) is 4.79 Å². The van der Waals surface area contributed by atoms with Crippen molar-refractivity contribution in [2.24, 2.45) is 0 Å². The molecule has 0 aromatic heterocycles. The van der Waals surface area contributed by atoms with Crippen LogP contribution in [0.15, 0.2) is 40.9 Å². The number of carbonyl (C=O) groups is 1. The van der Waals surface area contributed by atoms with Crippen molar-refractivity contribution in [3.05, 3.63) is 56.5 Å². The highest BCUT2D eigenvalue weighted by molar-refractivity contribution is 9.10. The largest absolute Gasteiger partial charge is 0.396 e. The first-order valence-corrected chi connectivity index (χ1v) is 6.84. The first-order chi connectivity index (χ1) is 8.99. The Morgan fingerprint density at radius 1 is 1.16 bits per heavy atom. The predicted molar refractivity (Wildman–Crippen MR) is 83.0 cm³/mol. The lowest BCUT2D eigenvalue weighted by Crippen LogP contribution is -2.12. The Hall–Kier alpha value is -1.23. The van der Waals surface area contributed by atoms with Crippen molar-refractivity contribution in [3.63, 3.8) is 0 Å². The molecule has 0 saturated carbocycles. The van der Waals surface area contributed by atoms with Gasteiger partial charge < -0.3 is 11.1 Å². The predicted octanol–water partition coefficient (Wildman–Crippen LogP) is 4.59. The van der Waals surface area contributed by atoms with Crippen molar-refractivity contribution in [1.29, 1.82) is 0 Å². The molecule has 0 aliphatic carbocycles. The van der Waals surface area contributed by atoms with E-state index < -0.39 is 0 Å². The molecule has 6 heteroatoms. The molecule has 0 atom stereocenters. The number of nitrogens with one attached hydrogen (secondary N) is 1. The first kappa shape index (κ1) is 14.2. The van der Waals surface area contributed by atoms with E-state index in [-0.39, 0.29) is 5.91 Å². The standard InChI is InChI=1S/C13H9BrCl2N2O/c14-9-4-2-1-3-8(9)13(19)18-7-5-10(15)12(17)11(16)6-7/h1-6H,17H2,(H,18,19). The quantitative estimate of drug-likeness (QED) is 0.770. The number of nitrogen functional groups attached to an aromatic ring is 1. The summed E-state index contributed by atoms with van der Waals surface area (Å²) in [5, 5.41) is 3.32. The molecule has 19 heavy (non-hydrogen) atoms. The molecule has 0 saturated heterocycles. The molecule has 2 aromatic rings. The second-order valence-corrected chi connectivity index (χ2v) is 5.46. The maximum atomic E-state index is 12.1. The van der Waals surface area contributed by atoms with Gasteiger partial charge in [0.1, 0.15) is 0 Å². The highest BCUT2D eigenvalue weighted by atomic mass is 79.9. The van der Waals surface area contributed by atoms with Crippen molar-refractivity contribution in [1.82, 2.24) is 0 Å². The number of rotatable bonds is 2. The number of hydrogen-bond acceptors (Lipinski definition) is 2. The van der Waals surface area contributed by atoms with E-state index in [0.29, 0.717) is 31.5 Å². The second-order valence-electron chi connectivity index (χ2n) is 3.79. The van der Waals surface area contributed by atoms with Crippen LogP contribution in [0.25, 0.3) is 0 Å². The lowest BCUT2D eigenvalue weighted by Gasteiger charge is -2.09. The van der Waals surface area contributed by atoms with Gasteiger partial charge in [0.05, 0.1) is 21.3 Å². The maximum Gasteiger partial charge on any atom is 0.256 e. The van der Waals surface area contributed by atoms with Crippen molar-refractivity contribution in [2.75, 3.05) is 11.1 Å². The molecule has 2 aromatic carbocycles. The van der Waals surface area contributed by atoms with Crippen LogP contribution in [0.4, 0.5) is 11.4 Å². The number of amides is 1. The lowest BCUT2D eigenvalue weighted by molar-refractivity contribution is 0.102. The molecule has 1 amide bonds. The summed E-state index contributed by atoms with van der Waals surface area (Å²) < 4.78 is 0.708. The van der Waals surface area contributed by atoms with Crippen molar-refractivity contribution >= 4 is 56.4 Å². The average molecular weight is 360 g/mol. The molecule has 0 unspecified atom stereocenters. The highest BCUT2D eigenvalue weighted by Gasteiger charge is 2.11. The van der Waals surface area contributed by atoms with Crippen LogP contribution in [0.5, 0.6) is 0 Å². The molecule has 2 rings (SSSR count). The molecule has 0 aliphatic rings. The molecule has 3 nitrogen and oxygen atoms in total. The van der Waals surface area contributed by atoms with Crippen molar-refractivity contribution < 1.29 is 4.79 Å². The van der Waals surface area contributed by atoms with Gasteiger partial charge in [0.15, 0.2) is 0 Å². The summed E-state index contributed by atoms with van der Waals surface area (Å²) in [6.45, 7) is 0. The molecular formula is C13H9BrCl2N2O. The Morgan fingerprint density at radius 2 is 1.74 bits per heavy atom. The van der Waals surface area contributed by atoms with Crippen molar-refractivity contribution in [2.45, 2.75) is 0 Å². The summed E-state index contributed by atoms with van der Waals surface area (Å²) >= 11 is 15.1. The van der Waals surface area contributed by atoms with Crippen LogP contribution in [0.3, 0.4) is 0 Å². The summed E-state index contributed by atoms with van der Waals surface area (Å²) in [5.74, 6) is -0.260. The number of nitrogens with two attached hydrogens (primary N) is 1. The molecule has 0 spiro atoms. The van der Waals surface area contributed by atoms with Crippen molar-refractivity contribution in [3.8, 4) is 0 Å². The molecule has 0 aliphatic heterocycles. The Labute approximate surface area is 128 Å². The average Bonchev–Trinajstić information content (AvgIpc) is 2.36. The number of halogens is 3. The van der Waals surface area contributed by atoms with Gasteiger partial charge in [-0.05, 0) is 40.2 Å². The summed E-state index contributed by atoms with van der Waals surface area (Å²) in [4.78, 5) is 12.1. The SMILES string of the molecule is Nc1c(Cl)cc(NC(=O)c2ccccc2Br)cc1Cl. The third kappa shape index (κ3) is 3.21. The van der Waals surface area contributed by atoms with E-state index in [0.717, 1.165) is 0 Å². The Balaban J connectivity index is 2.27. The van der Waals surface area contributed by atoms with E-state index >= 15 is 0 Å². The van der Waals surface area contributed by atoms with Gasteiger partial charge in [-0.2, -0.15) is 0 Å². The monoisotopic (exact) mass is 358 g/mol. The third-order valence-corrected chi connectivity index (χ3v) is 3.77. The van der Waals surface area contributed by atoms with E-state index in [1.165, 1.54) is 0 Å². The van der Waals surface area contributed by atoms with Gasteiger partial charge in [-0.25, -0.2) is 0 Å². The van der Waals surface area contributed by atoms with Crippen LogP contribution in [0.1, 0.15) is 10.4 Å². The Morgan fingerprint density at radius 3 is 2.32 bits per heavy atom. The second kappa shape index (κ2) is 5.82. The molecule has 0 bridgehead atoms. The highest BCUT2D eigenvalue weighted by Crippen LogP contribution is 2.31. The zero-order valence-corrected chi connectivity index (χ0v) is 12.7. The van der Waals surface area contributed by atoms with Crippen LogP contribution < -0.4 is 11.1 Å². The van der Waals surface area contributed by atoms with Crippen LogP contribution >= 0.6 is 39.1 Å². The molecule has 0 fully saturated rings. The summed E-state index contributed by atoms with van der Waals surface area (Å²) in [6.07, 6.45) is 0. The van der Waals surface area contributed by atoms with Crippen LogP contribution in [0.2, 0.25) is 10.0 Å². The number of anilines is 2. The normalized spacial score (nSPS) is 10.3. The smallest absolute Gasteiger partial charge is 0.256 e. The fourth-order valence-electron chi connectivity index (χ4n) is 1.50. The molecule has 3 N–H and O–H groups in total. The zero-order valence-electron chi connectivity index (χ0n) is 9.58. The lowest BCUT2D eigenvalue weighted by atomic mass is 10.2. The minimum Gasteiger partial charge on any atom is -0.396 e. The number of carbonyl (C=O) groups excluding carboxylic acids is 1. The summed E-state index contributed by atoms with van der Waals surface area (Å²) in [7, 11) is 0. The van der Waals surface area contributed by atoms with E-state index in [4.69, 9.17) is 28.9 Å². The van der Waals surface area contributed by atoms with Gasteiger partial charge in [-0.3, -0.25) is 4.79 Å². The molecule has 0 radical (unpaired) electrons. The topological polar surface area (TPSA) is 55.1 Å². The van der Waals surface area contributed by atoms with Crippen LogP contribution in [0, 0.1) is 0 Å². The van der Waals surface area contributed by atoms with Gasteiger partial charge in [0, 0.05) is 10.2 Å². The molecular weight excluding hydrogens is 351 g/mol. The molecule has 0 heterocycles. The Bertz CT molecular complexity index is 623. The number of benzene rings is 2. The van der Waals surface area contributed by atoms with Crippen LogP contribution in [-0.4, -0.2) is 5.91 Å². The number of hydrogen-bond donors (Lipinski definition) is 2. The van der Waals surface area contributed by atoms with Gasteiger partial charge >= 0.3 is 0 Å². The van der Waals surface area contributed by atoms with Gasteiger partial charge in [-0.1, -0.05) is 35.3 Å². The third-order valence-electron chi connectivity index (χ3n) is 2.46. The van der Waals surface area contributed by atoms with Gasteiger partial charge in [-0.15, -0.1) is 0 Å². The summed E-state index contributed by atoms with van der Waals surface area (Å²) in [5.41, 5.74) is 6.94. The maximum absolute atomic E-state index is 12.1. The summed E-state index contributed by atoms with van der Waals surface area (Å²) in [6, 6.07) is 10.2. The van der Waals surface area contributed by atoms with E-state index in [1.807, 2.05) is 6.07 Å². The molecule has 98 valence electrons. The van der Waals surface area contributed by atoms with E-state index in [2.05, 4.69) is 21.2 Å². The van der Waals surface area contributed by atoms with Gasteiger partial charge in [0.2, 0.25) is 0 Å². The Kier molecular flexibility index (Phi) is 4.34. The van der Waals surface area contributed by atoms with Gasteiger partial charge in [0.25, 0.3) is 5.91 Å². The fraction of sp³-hybridized carbons (Fsp3) is 0. The fourth-order valence-corrected chi connectivity index (χ4v) is 2.45. The first-order valence-electron chi connectivity index (χ1n) is 5.29.